The first-order valence-electron chi connectivity index (χ1n) is 6.35. The molecule has 1 aliphatic rings. The Morgan fingerprint density at radius 2 is 2.33 bits per heavy atom. The molecule has 0 bridgehead atoms. The number of rotatable bonds is 4. The Bertz CT molecular complexity index is 372. The Morgan fingerprint density at radius 3 is 3.00 bits per heavy atom. The van der Waals surface area contributed by atoms with Crippen LogP contribution in [-0.4, -0.2) is 45.8 Å². The molecule has 0 saturated carbocycles. The lowest BCUT2D eigenvalue weighted by molar-refractivity contribution is 0.0585. The smallest absolute Gasteiger partial charge is 0.141 e. The number of hydrogen-bond acceptors (Lipinski definition) is 4. The molecule has 2 heterocycles. The van der Waals surface area contributed by atoms with Gasteiger partial charge in [0.15, 0.2) is 0 Å². The first kappa shape index (κ1) is 13.4. The van der Waals surface area contributed by atoms with Crippen LogP contribution in [0.4, 0.5) is 4.39 Å². The third-order valence-corrected chi connectivity index (χ3v) is 3.29. The topological polar surface area (TPSA) is 56.6 Å². The molecule has 0 spiro atoms. The molecule has 5 heteroatoms. The Labute approximate surface area is 106 Å². The summed E-state index contributed by atoms with van der Waals surface area (Å²) >= 11 is 0. The number of halogens is 1. The maximum atomic E-state index is 12.7. The monoisotopic (exact) mass is 254 g/mol. The van der Waals surface area contributed by atoms with Crippen molar-refractivity contribution in [1.29, 1.82) is 0 Å². The van der Waals surface area contributed by atoms with Crippen LogP contribution in [0, 0.1) is 5.82 Å². The van der Waals surface area contributed by atoms with Gasteiger partial charge in [-0.15, -0.1) is 0 Å². The molecule has 2 atom stereocenters. The lowest BCUT2D eigenvalue weighted by Crippen LogP contribution is -2.39. The van der Waals surface area contributed by atoms with Crippen molar-refractivity contribution < 1.29 is 14.6 Å². The van der Waals surface area contributed by atoms with Crippen molar-refractivity contribution in [3.05, 3.63) is 29.8 Å². The SMILES string of the molecule is OC1CCCN(CCC(O)c2ccc(F)cn2)C1. The van der Waals surface area contributed by atoms with Crippen molar-refractivity contribution in [3.8, 4) is 0 Å². The molecule has 0 aromatic carbocycles. The van der Waals surface area contributed by atoms with E-state index < -0.39 is 11.9 Å². The number of nitrogens with zero attached hydrogens (tertiary/aromatic N) is 2. The number of pyridine rings is 1. The van der Waals surface area contributed by atoms with Gasteiger partial charge in [0.05, 0.1) is 24.1 Å². The van der Waals surface area contributed by atoms with Crippen molar-refractivity contribution >= 4 is 0 Å². The van der Waals surface area contributed by atoms with Crippen LogP contribution in [0.2, 0.25) is 0 Å². The summed E-state index contributed by atoms with van der Waals surface area (Å²) in [5.74, 6) is -0.398. The fourth-order valence-corrected chi connectivity index (χ4v) is 2.27. The van der Waals surface area contributed by atoms with Crippen LogP contribution in [0.3, 0.4) is 0 Å². The second kappa shape index (κ2) is 6.22. The van der Waals surface area contributed by atoms with E-state index in [1.165, 1.54) is 12.1 Å². The van der Waals surface area contributed by atoms with Crippen LogP contribution in [0.25, 0.3) is 0 Å². The van der Waals surface area contributed by atoms with Crippen LogP contribution in [-0.2, 0) is 0 Å². The molecule has 2 N–H and O–H groups in total. The van der Waals surface area contributed by atoms with Crippen LogP contribution in [0.1, 0.15) is 31.1 Å². The summed E-state index contributed by atoms with van der Waals surface area (Å²) < 4.78 is 12.7. The zero-order valence-electron chi connectivity index (χ0n) is 10.3. The van der Waals surface area contributed by atoms with Gasteiger partial charge in [0.2, 0.25) is 0 Å². The summed E-state index contributed by atoms with van der Waals surface area (Å²) in [6.45, 7) is 2.35. The van der Waals surface area contributed by atoms with Crippen molar-refractivity contribution in [2.45, 2.75) is 31.5 Å². The van der Waals surface area contributed by atoms with Crippen LogP contribution < -0.4 is 0 Å². The molecule has 0 amide bonds. The highest BCUT2D eigenvalue weighted by molar-refractivity contribution is 5.07. The Balaban J connectivity index is 1.80. The van der Waals surface area contributed by atoms with Gasteiger partial charge in [-0.3, -0.25) is 4.98 Å². The first-order valence-corrected chi connectivity index (χ1v) is 6.35. The molecular weight excluding hydrogens is 235 g/mol. The number of aromatic nitrogens is 1. The van der Waals surface area contributed by atoms with Crippen LogP contribution >= 0.6 is 0 Å². The maximum absolute atomic E-state index is 12.7. The van der Waals surface area contributed by atoms with E-state index in [1.54, 1.807) is 0 Å². The fraction of sp³-hybridized carbons (Fsp3) is 0.615. The summed E-state index contributed by atoms with van der Waals surface area (Å²) in [6.07, 6.45) is 2.59. The predicted molar refractivity (Wildman–Crippen MR) is 65.5 cm³/mol. The zero-order chi connectivity index (χ0) is 13.0. The average Bonchev–Trinajstić information content (AvgIpc) is 2.37. The second-order valence-corrected chi connectivity index (χ2v) is 4.80. The predicted octanol–water partition coefficient (Wildman–Crippen LogP) is 1.10. The molecule has 1 aromatic heterocycles. The number of aliphatic hydroxyl groups excluding tert-OH is 2. The molecule has 1 fully saturated rings. The minimum absolute atomic E-state index is 0.250. The highest BCUT2D eigenvalue weighted by atomic mass is 19.1. The molecule has 1 aromatic rings. The highest BCUT2D eigenvalue weighted by Crippen LogP contribution is 2.17. The Kier molecular flexibility index (Phi) is 4.63. The van der Waals surface area contributed by atoms with Gasteiger partial charge < -0.3 is 15.1 Å². The van der Waals surface area contributed by atoms with E-state index in [1.807, 2.05) is 0 Å². The second-order valence-electron chi connectivity index (χ2n) is 4.80. The van der Waals surface area contributed by atoms with Gasteiger partial charge in [-0.05, 0) is 37.9 Å². The number of piperidine rings is 1. The first-order chi connectivity index (χ1) is 8.65. The van der Waals surface area contributed by atoms with E-state index in [-0.39, 0.29) is 6.10 Å². The van der Waals surface area contributed by atoms with Gasteiger partial charge in [0, 0.05) is 13.1 Å². The van der Waals surface area contributed by atoms with E-state index >= 15 is 0 Å². The molecule has 0 radical (unpaired) electrons. The van der Waals surface area contributed by atoms with E-state index in [4.69, 9.17) is 0 Å². The molecule has 2 rings (SSSR count). The summed E-state index contributed by atoms with van der Waals surface area (Å²) in [4.78, 5) is 6.00. The molecule has 4 nitrogen and oxygen atoms in total. The number of likely N-dealkylation sites (tertiary alicyclic amines) is 1. The Hall–Kier alpha value is -1.04. The quantitative estimate of drug-likeness (QED) is 0.845. The largest absolute Gasteiger partial charge is 0.392 e. The van der Waals surface area contributed by atoms with Gasteiger partial charge in [-0.1, -0.05) is 0 Å². The molecule has 1 saturated heterocycles. The lowest BCUT2D eigenvalue weighted by atomic mass is 10.1. The number of hydrogen-bond donors (Lipinski definition) is 2. The van der Waals surface area contributed by atoms with Gasteiger partial charge in [0.1, 0.15) is 5.82 Å². The van der Waals surface area contributed by atoms with E-state index in [0.717, 1.165) is 32.1 Å². The normalized spacial score (nSPS) is 22.9. The third kappa shape index (κ3) is 3.73. The number of β-amino-alcohol motifs (C(OH)–C–C–N with tert-alkyl or cyclic N) is 1. The average molecular weight is 254 g/mol. The van der Waals surface area contributed by atoms with Crippen molar-refractivity contribution in [3.63, 3.8) is 0 Å². The molecular formula is C13H19FN2O2. The molecule has 18 heavy (non-hydrogen) atoms. The maximum Gasteiger partial charge on any atom is 0.141 e. The number of aliphatic hydroxyl groups is 2. The van der Waals surface area contributed by atoms with Crippen molar-refractivity contribution in [2.24, 2.45) is 0 Å². The molecule has 0 aliphatic carbocycles. The molecule has 2 unspecified atom stereocenters. The summed E-state index contributed by atoms with van der Waals surface area (Å²) in [7, 11) is 0. The van der Waals surface area contributed by atoms with E-state index in [9.17, 15) is 14.6 Å². The van der Waals surface area contributed by atoms with Crippen LogP contribution in [0.15, 0.2) is 18.3 Å². The summed E-state index contributed by atoms with van der Waals surface area (Å²) in [5, 5.41) is 19.5. The minimum atomic E-state index is -0.676. The van der Waals surface area contributed by atoms with Gasteiger partial charge in [-0.25, -0.2) is 4.39 Å². The minimum Gasteiger partial charge on any atom is -0.392 e. The van der Waals surface area contributed by atoms with Gasteiger partial charge >= 0.3 is 0 Å². The summed E-state index contributed by atoms with van der Waals surface area (Å²) in [5.41, 5.74) is 0.494. The van der Waals surface area contributed by atoms with E-state index in [0.29, 0.717) is 18.7 Å². The standard InChI is InChI=1S/C13H19FN2O2/c14-10-3-4-12(15-8-10)13(18)5-7-16-6-1-2-11(17)9-16/h3-4,8,11,13,17-18H,1-2,5-7,9H2. The van der Waals surface area contributed by atoms with Crippen LogP contribution in [0.5, 0.6) is 0 Å². The van der Waals surface area contributed by atoms with Gasteiger partial charge in [-0.2, -0.15) is 0 Å². The molecule has 1 aliphatic heterocycles. The van der Waals surface area contributed by atoms with Crippen molar-refractivity contribution in [1.82, 2.24) is 9.88 Å². The summed E-state index contributed by atoms with van der Waals surface area (Å²) in [6, 6.07) is 2.81. The highest BCUT2D eigenvalue weighted by Gasteiger charge is 2.18. The van der Waals surface area contributed by atoms with Gasteiger partial charge in [0.25, 0.3) is 0 Å². The third-order valence-electron chi connectivity index (χ3n) is 3.29. The molecule has 100 valence electrons. The van der Waals surface area contributed by atoms with E-state index in [2.05, 4.69) is 9.88 Å². The Morgan fingerprint density at radius 1 is 1.50 bits per heavy atom. The van der Waals surface area contributed by atoms with Crippen molar-refractivity contribution in [2.75, 3.05) is 19.6 Å². The lowest BCUT2D eigenvalue weighted by Gasteiger charge is -2.30. The zero-order valence-corrected chi connectivity index (χ0v) is 10.3. The fourth-order valence-electron chi connectivity index (χ4n) is 2.27.